The molecule has 0 aliphatic carbocycles. The van der Waals surface area contributed by atoms with Gasteiger partial charge < -0.3 is 19.5 Å². The van der Waals surface area contributed by atoms with E-state index in [0.717, 1.165) is 6.92 Å². The largest absolute Gasteiger partial charge is 1.00 e. The number of rotatable bonds is 11. The molecule has 0 aromatic rings. The molecule has 22 heteroatoms. The number of ether oxygens (including phenoxy) is 1. The van der Waals surface area contributed by atoms with E-state index in [-0.39, 0.29) is 47.9 Å². The summed E-state index contributed by atoms with van der Waals surface area (Å²) in [6.07, 6.45) is -12.6. The predicted octanol–water partition coefficient (Wildman–Crippen LogP) is 3.16. The number of allylic oxidation sites excluding steroid dienone is 1. The number of hydrogen-bond acceptors (Lipinski definition) is 7. The van der Waals surface area contributed by atoms with Gasteiger partial charge in [-0.25, -0.2) is 26.0 Å². The number of aliphatic hydroxyl groups excluding tert-OH is 2. The van der Waals surface area contributed by atoms with E-state index >= 15 is 0 Å². The monoisotopic (exact) mass is 712 g/mol. The molecule has 2 N–H and O–H groups in total. The molecule has 1 atom stereocenters. The van der Waals surface area contributed by atoms with Crippen LogP contribution in [0.5, 0.6) is 0 Å². The average molecular weight is 713 g/mol. The minimum Gasteiger partial charge on any atom is -0.743 e. The normalized spacial score (nSPS) is 10.9. The van der Waals surface area contributed by atoms with E-state index in [9.17, 15) is 70.5 Å². The number of carbonyl (C=O) groups is 1. The third kappa shape index (κ3) is 28.7. The van der Waals surface area contributed by atoms with Crippen LogP contribution in [0.3, 0.4) is 0 Å². The maximum Gasteiger partial charge on any atom is 1.00 e. The maximum absolute atomic E-state index is 12.2. The molecule has 0 aromatic carbocycles. The number of hydrogen-bond donors (Lipinski definition) is 2. The predicted molar refractivity (Wildman–Crippen MR) is 114 cm³/mol. The number of esters is 1. The van der Waals surface area contributed by atoms with Gasteiger partial charge in [0.1, 0.15) is 0 Å². The first kappa shape index (κ1) is 48.9. The number of halogens is 13. The molecule has 234 valence electrons. The third-order valence-electron chi connectivity index (χ3n) is 2.97. The molecule has 40 heavy (non-hydrogen) atoms. The first-order valence-electron chi connectivity index (χ1n) is 9.61. The van der Waals surface area contributed by atoms with E-state index in [1.54, 1.807) is 0 Å². The second kappa shape index (κ2) is 27.0. The molecule has 0 spiro atoms. The van der Waals surface area contributed by atoms with Crippen molar-refractivity contribution in [1.82, 2.24) is 0 Å². The van der Waals surface area contributed by atoms with E-state index in [1.165, 1.54) is 0 Å². The van der Waals surface area contributed by atoms with Crippen molar-refractivity contribution >= 4 is 32.0 Å². The van der Waals surface area contributed by atoms with Crippen molar-refractivity contribution < 1.29 is 115 Å². The molecule has 0 saturated heterocycles. The zero-order valence-electron chi connectivity index (χ0n) is 20.5. The summed E-state index contributed by atoms with van der Waals surface area (Å²) in [7, 11) is -5.99. The summed E-state index contributed by atoms with van der Waals surface area (Å²) >= 11 is 2.81. The van der Waals surface area contributed by atoms with Crippen molar-refractivity contribution in [2.45, 2.75) is 44.0 Å². The Balaban J connectivity index is -0.000000137. The fourth-order valence-electron chi connectivity index (χ4n) is 1.19. The maximum atomic E-state index is 12.2. The van der Waals surface area contributed by atoms with Crippen LogP contribution in [0.25, 0.3) is 0 Å². The zero-order valence-corrected chi connectivity index (χ0v) is 24.9. The topological polar surface area (TPSA) is 124 Å². The van der Waals surface area contributed by atoms with Gasteiger partial charge in [0.15, 0.2) is 33.8 Å². The molecule has 7 nitrogen and oxygen atoms in total. The van der Waals surface area contributed by atoms with E-state index < -0.39 is 95.7 Å². The first-order chi connectivity index (χ1) is 17.6. The molecule has 0 heterocycles. The van der Waals surface area contributed by atoms with Gasteiger partial charge in [-0.2, -0.15) is 35.1 Å². The second-order valence-electron chi connectivity index (χ2n) is 5.99. The Morgan fingerprint density at radius 1 is 0.850 bits per heavy atom. The van der Waals surface area contributed by atoms with Gasteiger partial charge in [0.05, 0.1) is 6.61 Å². The van der Waals surface area contributed by atoms with Crippen molar-refractivity contribution in [3.05, 3.63) is 35.7 Å². The van der Waals surface area contributed by atoms with Crippen LogP contribution in [0.2, 0.25) is 0 Å². The number of carbonyl (C=O) groups excluding carboxylic acids is 1. The summed E-state index contributed by atoms with van der Waals surface area (Å²) in [6, 6.07) is 0. The summed E-state index contributed by atoms with van der Waals surface area (Å²) in [5, 5.41) is 11.1. The van der Waals surface area contributed by atoms with Crippen molar-refractivity contribution in [2.75, 3.05) is 25.2 Å². The van der Waals surface area contributed by atoms with Crippen LogP contribution in [0.4, 0.5) is 52.7 Å². The molecule has 0 aliphatic heterocycles. The van der Waals surface area contributed by atoms with Gasteiger partial charge >= 0.3 is 59.0 Å². The van der Waals surface area contributed by atoms with Gasteiger partial charge in [-0.15, -0.1) is 0 Å². The Morgan fingerprint density at radius 3 is 1.45 bits per heavy atom. The molecule has 0 fully saturated rings. The van der Waals surface area contributed by atoms with Crippen LogP contribution in [0.15, 0.2) is 35.7 Å². The van der Waals surface area contributed by atoms with Crippen LogP contribution in [-0.2, 0) is 19.6 Å². The second-order valence-corrected chi connectivity index (χ2v) is 8.24. The summed E-state index contributed by atoms with van der Waals surface area (Å²) in [5.74, 6) is -5.02. The van der Waals surface area contributed by atoms with Gasteiger partial charge in [0.2, 0.25) is 0 Å². The van der Waals surface area contributed by atoms with Crippen LogP contribution in [0, 0.1) is 0 Å². The Hall–Kier alpha value is -0.840. The van der Waals surface area contributed by atoms with E-state index in [4.69, 9.17) is 10.2 Å². The van der Waals surface area contributed by atoms with E-state index in [2.05, 4.69) is 20.7 Å². The number of aliphatic hydroxyl groups is 2. The molecule has 0 bridgehead atoms. The van der Waals surface area contributed by atoms with E-state index in [1.807, 2.05) is 0 Å². The van der Waals surface area contributed by atoms with Crippen molar-refractivity contribution in [3.8, 4) is 0 Å². The third-order valence-corrected chi connectivity index (χ3v) is 4.29. The molecule has 0 radical (unpaired) electrons. The zero-order chi connectivity index (χ0) is 32.0. The van der Waals surface area contributed by atoms with Gasteiger partial charge in [0.25, 0.3) is 0 Å². The molecular weight excluding hydrogens is 691 g/mol. The fourth-order valence-corrected chi connectivity index (χ4v) is 1.97. The summed E-state index contributed by atoms with van der Waals surface area (Å²) < 4.78 is 172. The van der Waals surface area contributed by atoms with Crippen LogP contribution in [0.1, 0.15) is 32.6 Å². The summed E-state index contributed by atoms with van der Waals surface area (Å²) in [6.45, 7) is -0.763. The Bertz CT molecular complexity index is 868. The van der Waals surface area contributed by atoms with Crippen LogP contribution in [-0.4, -0.2) is 65.7 Å². The Morgan fingerprint density at radius 2 is 1.23 bits per heavy atom. The van der Waals surface area contributed by atoms with Gasteiger partial charge in [-0.1, -0.05) is 15.9 Å². The van der Waals surface area contributed by atoms with Gasteiger partial charge in [-0.05, 0) is 0 Å². The smallest absolute Gasteiger partial charge is 0.743 e. The molecule has 0 amide bonds. The summed E-state index contributed by atoms with van der Waals surface area (Å²) in [4.78, 5) is 10.0. The fraction of sp³-hybridized carbons (Fsp3) is 0.611. The van der Waals surface area contributed by atoms with Crippen molar-refractivity contribution in [2.24, 2.45) is 0 Å². The molecule has 0 saturated carbocycles. The minimum absolute atomic E-state index is 0. The van der Waals surface area contributed by atoms with E-state index in [0.29, 0.717) is 0 Å². The Kier molecular flexibility index (Phi) is 33.0. The standard InChI is InChI=1S/C6H7F3O2.C4H4BrF3.C4H7F3O4S.C4H5F3O.Na/c1-4(10)11-3-2-5(7)6(8)9;5-2-1-3(6)4(7)8;5-3(1-2-8)4(6,7)12(9,10)11;5-3(1-2-8)4(6)7;/h2-3H2,1H3;1-2H2;3,8H,1-2H2,(H,9,10,11);8H,1-2H2;/q;;;;+1/p-1. The number of alkyl halides is 4. The van der Waals surface area contributed by atoms with Crippen LogP contribution < -0.4 is 29.6 Å². The van der Waals surface area contributed by atoms with Crippen molar-refractivity contribution in [3.63, 3.8) is 0 Å². The van der Waals surface area contributed by atoms with Crippen LogP contribution >= 0.6 is 15.9 Å². The minimum atomic E-state index is -5.99. The average Bonchev–Trinajstić information content (AvgIpc) is 2.79. The molecule has 0 aromatic heterocycles. The molecule has 0 rings (SSSR count). The Labute approximate surface area is 251 Å². The quantitative estimate of drug-likeness (QED) is 0.111. The van der Waals surface area contributed by atoms with Gasteiger partial charge in [-0.3, -0.25) is 4.79 Å². The van der Waals surface area contributed by atoms with Gasteiger partial charge in [0, 0.05) is 51.2 Å². The first-order valence-corrected chi connectivity index (χ1v) is 12.1. The molecular formula is C18H22BrF12NaO7S. The SMILES string of the molecule is CC(=O)OCCC(F)=C(F)F.FC(F)=C(F)CCBr.O=S(=O)([O-])C(F)(F)C(F)CCO.OCCC(F)=C(F)F.[Na+]. The molecule has 1 unspecified atom stereocenters. The van der Waals surface area contributed by atoms with Crippen molar-refractivity contribution in [1.29, 1.82) is 0 Å². The molecule has 0 aliphatic rings. The summed E-state index contributed by atoms with van der Waals surface area (Å²) in [5.41, 5.74) is 0.